The van der Waals surface area contributed by atoms with E-state index in [0.717, 1.165) is 55.6 Å². The molecule has 32 heavy (non-hydrogen) atoms. The Kier molecular flexibility index (Phi) is 5.41. The Balaban J connectivity index is 1.17. The Morgan fingerprint density at radius 2 is 1.81 bits per heavy atom. The third-order valence-electron chi connectivity index (χ3n) is 6.74. The molecule has 0 radical (unpaired) electrons. The molecule has 1 aliphatic heterocycles. The van der Waals surface area contributed by atoms with E-state index in [1.807, 2.05) is 29.2 Å². The number of benzene rings is 2. The molecule has 1 aliphatic carbocycles. The predicted molar refractivity (Wildman–Crippen MR) is 117 cm³/mol. The van der Waals surface area contributed by atoms with Gasteiger partial charge in [-0.15, -0.1) is 0 Å². The van der Waals surface area contributed by atoms with Crippen LogP contribution in [0, 0.1) is 11.7 Å². The van der Waals surface area contributed by atoms with Gasteiger partial charge in [-0.1, -0.05) is 17.3 Å². The van der Waals surface area contributed by atoms with Gasteiger partial charge in [-0.2, -0.15) is 4.98 Å². The van der Waals surface area contributed by atoms with Crippen LogP contribution in [0.15, 0.2) is 53.1 Å². The average Bonchev–Trinajstić information content (AvgIpc) is 3.52. The molecule has 1 saturated heterocycles. The van der Waals surface area contributed by atoms with Gasteiger partial charge in [0.1, 0.15) is 11.6 Å². The van der Waals surface area contributed by atoms with E-state index < -0.39 is 0 Å². The topological polar surface area (TPSA) is 68.5 Å². The standard InChI is InChI=1S/C25H26FN3O3/c1-31-21-8-4-19(5-9-21)25(12-13-25)24(30)29-14-10-17(11-15-29)16-22-27-23(28-32-22)18-2-6-20(26)7-3-18/h2-9,17H,10-16H2,1H3. The monoisotopic (exact) mass is 435 g/mol. The first-order valence-electron chi connectivity index (χ1n) is 11.1. The number of ether oxygens (including phenoxy) is 1. The number of piperidine rings is 1. The van der Waals surface area contributed by atoms with Gasteiger partial charge in [0.2, 0.25) is 17.6 Å². The number of halogens is 1. The van der Waals surface area contributed by atoms with Crippen LogP contribution in [0.5, 0.6) is 5.75 Å². The fourth-order valence-electron chi connectivity index (χ4n) is 4.60. The Labute approximate surface area is 186 Å². The van der Waals surface area contributed by atoms with Crippen LogP contribution in [-0.2, 0) is 16.6 Å². The van der Waals surface area contributed by atoms with E-state index in [4.69, 9.17) is 9.26 Å². The summed E-state index contributed by atoms with van der Waals surface area (Å²) in [6.45, 7) is 1.50. The average molecular weight is 435 g/mol. The minimum Gasteiger partial charge on any atom is -0.497 e. The molecule has 0 unspecified atom stereocenters. The van der Waals surface area contributed by atoms with Crippen molar-refractivity contribution in [1.82, 2.24) is 15.0 Å². The molecule has 5 rings (SSSR count). The highest BCUT2D eigenvalue weighted by Crippen LogP contribution is 2.50. The summed E-state index contributed by atoms with van der Waals surface area (Å²) in [5.74, 6) is 2.23. The lowest BCUT2D eigenvalue weighted by atomic mass is 9.90. The van der Waals surface area contributed by atoms with Crippen molar-refractivity contribution in [3.8, 4) is 17.1 Å². The molecule has 0 spiro atoms. The van der Waals surface area contributed by atoms with E-state index in [1.165, 1.54) is 12.1 Å². The van der Waals surface area contributed by atoms with Crippen molar-refractivity contribution in [2.24, 2.45) is 5.92 Å². The van der Waals surface area contributed by atoms with E-state index in [1.54, 1.807) is 19.2 Å². The molecule has 2 heterocycles. The number of methoxy groups -OCH3 is 1. The van der Waals surface area contributed by atoms with Crippen molar-refractivity contribution in [3.05, 3.63) is 65.8 Å². The van der Waals surface area contributed by atoms with Gasteiger partial charge in [0.05, 0.1) is 12.5 Å². The van der Waals surface area contributed by atoms with Crippen LogP contribution in [0.1, 0.15) is 37.1 Å². The van der Waals surface area contributed by atoms with Crippen molar-refractivity contribution >= 4 is 5.91 Å². The molecule has 3 aromatic rings. The van der Waals surface area contributed by atoms with Crippen molar-refractivity contribution in [2.75, 3.05) is 20.2 Å². The minimum atomic E-state index is -0.352. The Bertz CT molecular complexity index is 1080. The third-order valence-corrected chi connectivity index (χ3v) is 6.74. The summed E-state index contributed by atoms with van der Waals surface area (Å²) in [5.41, 5.74) is 1.47. The van der Waals surface area contributed by atoms with E-state index in [9.17, 15) is 9.18 Å². The highest BCUT2D eigenvalue weighted by atomic mass is 19.1. The van der Waals surface area contributed by atoms with E-state index in [-0.39, 0.29) is 17.1 Å². The maximum absolute atomic E-state index is 13.3. The number of hydrogen-bond donors (Lipinski definition) is 0. The molecule has 7 heteroatoms. The fourth-order valence-corrected chi connectivity index (χ4v) is 4.60. The number of hydrogen-bond acceptors (Lipinski definition) is 5. The summed E-state index contributed by atoms with van der Waals surface area (Å²) in [7, 11) is 1.65. The molecule has 0 N–H and O–H groups in total. The maximum Gasteiger partial charge on any atom is 0.233 e. The fraction of sp³-hybridized carbons (Fsp3) is 0.400. The normalized spacial score (nSPS) is 17.9. The summed E-state index contributed by atoms with van der Waals surface area (Å²) in [4.78, 5) is 19.8. The van der Waals surface area contributed by atoms with Crippen molar-refractivity contribution in [2.45, 2.75) is 37.5 Å². The zero-order valence-electron chi connectivity index (χ0n) is 18.1. The van der Waals surface area contributed by atoms with Gasteiger partial charge in [0.25, 0.3) is 0 Å². The molecule has 166 valence electrons. The largest absolute Gasteiger partial charge is 0.497 e. The lowest BCUT2D eigenvalue weighted by Gasteiger charge is -2.34. The van der Waals surface area contributed by atoms with Crippen LogP contribution in [0.2, 0.25) is 0 Å². The lowest BCUT2D eigenvalue weighted by molar-refractivity contribution is -0.135. The van der Waals surface area contributed by atoms with Crippen LogP contribution in [0.25, 0.3) is 11.4 Å². The van der Waals surface area contributed by atoms with Crippen LogP contribution in [0.3, 0.4) is 0 Å². The second kappa shape index (κ2) is 8.37. The molecular weight excluding hydrogens is 409 g/mol. The summed E-state index contributed by atoms with van der Waals surface area (Å²) >= 11 is 0. The number of amides is 1. The Hall–Kier alpha value is -3.22. The molecule has 0 bridgehead atoms. The summed E-state index contributed by atoms with van der Waals surface area (Å²) in [6, 6.07) is 14.0. The number of carbonyl (C=O) groups is 1. The SMILES string of the molecule is COc1ccc(C2(C(=O)N3CCC(Cc4nc(-c5ccc(F)cc5)no4)CC3)CC2)cc1. The summed E-state index contributed by atoms with van der Waals surface area (Å²) < 4.78 is 23.8. The minimum absolute atomic E-state index is 0.248. The van der Waals surface area contributed by atoms with Crippen molar-refractivity contribution in [1.29, 1.82) is 0 Å². The molecule has 2 aromatic carbocycles. The zero-order valence-corrected chi connectivity index (χ0v) is 18.1. The zero-order chi connectivity index (χ0) is 22.1. The van der Waals surface area contributed by atoms with Gasteiger partial charge in [-0.05, 0) is 73.6 Å². The highest BCUT2D eigenvalue weighted by Gasteiger charge is 2.53. The van der Waals surface area contributed by atoms with Crippen LogP contribution < -0.4 is 4.74 Å². The summed E-state index contributed by atoms with van der Waals surface area (Å²) in [6.07, 6.45) is 4.34. The molecule has 0 atom stereocenters. The second-order valence-corrected chi connectivity index (χ2v) is 8.77. The molecule has 1 aromatic heterocycles. The third kappa shape index (κ3) is 3.99. The molecular formula is C25H26FN3O3. The first kappa shape index (κ1) is 20.7. The molecule has 6 nitrogen and oxygen atoms in total. The number of likely N-dealkylation sites (tertiary alicyclic amines) is 1. The number of carbonyl (C=O) groups excluding carboxylic acids is 1. The van der Waals surface area contributed by atoms with Gasteiger partial charge in [0, 0.05) is 25.1 Å². The van der Waals surface area contributed by atoms with Gasteiger partial charge in [-0.3, -0.25) is 4.79 Å². The van der Waals surface area contributed by atoms with Gasteiger partial charge in [0.15, 0.2) is 0 Å². The predicted octanol–water partition coefficient (Wildman–Crippen LogP) is 4.40. The summed E-state index contributed by atoms with van der Waals surface area (Å²) in [5, 5.41) is 4.03. The lowest BCUT2D eigenvalue weighted by Crippen LogP contribution is -2.44. The first-order chi connectivity index (χ1) is 15.6. The molecule has 2 aliphatic rings. The number of rotatable bonds is 6. The Morgan fingerprint density at radius 3 is 2.44 bits per heavy atom. The van der Waals surface area contributed by atoms with E-state index in [0.29, 0.717) is 24.1 Å². The van der Waals surface area contributed by atoms with E-state index >= 15 is 0 Å². The van der Waals surface area contributed by atoms with Crippen LogP contribution in [0.4, 0.5) is 4.39 Å². The van der Waals surface area contributed by atoms with Gasteiger partial charge >= 0.3 is 0 Å². The highest BCUT2D eigenvalue weighted by molar-refractivity contribution is 5.91. The quantitative estimate of drug-likeness (QED) is 0.574. The van der Waals surface area contributed by atoms with Gasteiger partial charge in [-0.25, -0.2) is 4.39 Å². The van der Waals surface area contributed by atoms with E-state index in [2.05, 4.69) is 10.1 Å². The second-order valence-electron chi connectivity index (χ2n) is 8.77. The van der Waals surface area contributed by atoms with Crippen LogP contribution in [-0.4, -0.2) is 41.1 Å². The van der Waals surface area contributed by atoms with Gasteiger partial charge < -0.3 is 14.2 Å². The van der Waals surface area contributed by atoms with Crippen molar-refractivity contribution in [3.63, 3.8) is 0 Å². The maximum atomic E-state index is 13.3. The molecule has 1 amide bonds. The van der Waals surface area contributed by atoms with Crippen molar-refractivity contribution < 1.29 is 18.4 Å². The number of nitrogens with zero attached hydrogens (tertiary/aromatic N) is 3. The van der Waals surface area contributed by atoms with Crippen LogP contribution >= 0.6 is 0 Å². The Morgan fingerprint density at radius 1 is 1.12 bits per heavy atom. The number of aromatic nitrogens is 2. The smallest absolute Gasteiger partial charge is 0.233 e. The molecule has 2 fully saturated rings. The first-order valence-corrected chi connectivity index (χ1v) is 11.1. The molecule has 1 saturated carbocycles.